The zero-order chi connectivity index (χ0) is 18.4. The summed E-state index contributed by atoms with van der Waals surface area (Å²) in [5.41, 5.74) is -0.348. The molecule has 8 heteroatoms. The van der Waals surface area contributed by atoms with Crippen LogP contribution in [0.1, 0.15) is 42.6 Å². The second-order valence-electron chi connectivity index (χ2n) is 6.21. The number of guanidine groups is 1. The van der Waals surface area contributed by atoms with E-state index in [4.69, 9.17) is 8.94 Å². The van der Waals surface area contributed by atoms with Gasteiger partial charge < -0.3 is 24.7 Å². The van der Waals surface area contributed by atoms with Gasteiger partial charge >= 0.3 is 0 Å². The van der Waals surface area contributed by atoms with E-state index in [0.29, 0.717) is 36.4 Å². The first-order valence-electron chi connectivity index (χ1n) is 8.43. The van der Waals surface area contributed by atoms with Crippen molar-refractivity contribution in [3.05, 3.63) is 34.9 Å². The van der Waals surface area contributed by atoms with Gasteiger partial charge in [-0.15, -0.1) is 0 Å². The fourth-order valence-electron chi connectivity index (χ4n) is 2.55. The maximum atomic E-state index is 10.7. The van der Waals surface area contributed by atoms with Crippen LogP contribution in [0, 0.1) is 20.8 Å². The van der Waals surface area contributed by atoms with Crippen molar-refractivity contribution < 1.29 is 14.0 Å². The summed E-state index contributed by atoms with van der Waals surface area (Å²) in [6.45, 7) is 10.7. The van der Waals surface area contributed by atoms with Crippen LogP contribution in [0.4, 0.5) is 0 Å². The van der Waals surface area contributed by atoms with E-state index in [1.54, 1.807) is 13.8 Å². The molecule has 0 radical (unpaired) electrons. The highest BCUT2D eigenvalue weighted by Crippen LogP contribution is 2.27. The number of aliphatic hydroxyl groups is 1. The molecule has 0 aliphatic rings. The fourth-order valence-corrected chi connectivity index (χ4v) is 2.55. The lowest BCUT2D eigenvalue weighted by molar-refractivity contribution is 0.0657. The molecule has 2 aromatic rings. The third-order valence-corrected chi connectivity index (χ3v) is 3.71. The number of hydrogen-bond acceptors (Lipinski definition) is 6. The lowest BCUT2D eigenvalue weighted by Crippen LogP contribution is -2.39. The summed E-state index contributed by atoms with van der Waals surface area (Å²) in [4.78, 5) is 8.65. The number of nitrogens with zero attached hydrogens (tertiary/aromatic N) is 3. The number of nitrogens with one attached hydrogen (secondary N) is 2. The van der Waals surface area contributed by atoms with Crippen LogP contribution in [0.5, 0.6) is 0 Å². The van der Waals surface area contributed by atoms with Gasteiger partial charge in [-0.05, 0) is 40.7 Å². The smallest absolute Gasteiger partial charge is 0.228 e. The van der Waals surface area contributed by atoms with Crippen molar-refractivity contribution in [3.63, 3.8) is 0 Å². The lowest BCUT2D eigenvalue weighted by Gasteiger charge is -2.21. The first kappa shape index (κ1) is 19.0. The van der Waals surface area contributed by atoms with Gasteiger partial charge in [0.1, 0.15) is 17.1 Å². The molecule has 0 aliphatic heterocycles. The maximum absolute atomic E-state index is 10.7. The van der Waals surface area contributed by atoms with Gasteiger partial charge in [0.05, 0.1) is 6.54 Å². The van der Waals surface area contributed by atoms with E-state index in [1.807, 2.05) is 26.8 Å². The van der Waals surface area contributed by atoms with E-state index in [-0.39, 0.29) is 6.54 Å². The lowest BCUT2D eigenvalue weighted by atomic mass is 9.96. The zero-order valence-corrected chi connectivity index (χ0v) is 15.5. The van der Waals surface area contributed by atoms with Gasteiger partial charge in [-0.25, -0.2) is 4.99 Å². The Kier molecular flexibility index (Phi) is 6.19. The zero-order valence-electron chi connectivity index (χ0n) is 15.5. The minimum atomic E-state index is -1.10. The molecule has 0 spiro atoms. The Morgan fingerprint density at radius 2 is 2.08 bits per heavy atom. The monoisotopic (exact) mass is 349 g/mol. The number of hydrogen-bond donors (Lipinski definition) is 3. The molecule has 138 valence electrons. The molecule has 2 heterocycles. The van der Waals surface area contributed by atoms with Crippen LogP contribution in [0.3, 0.4) is 0 Å². The Balaban J connectivity index is 1.96. The average molecular weight is 349 g/mol. The molecule has 1 unspecified atom stereocenters. The van der Waals surface area contributed by atoms with Gasteiger partial charge in [-0.2, -0.15) is 4.98 Å². The van der Waals surface area contributed by atoms with E-state index in [0.717, 1.165) is 17.9 Å². The molecule has 0 saturated carbocycles. The SMILES string of the molecule is CCNC(=NCC(C)(O)c1cc(C)oc1C)NCCc1nc(C)no1. The van der Waals surface area contributed by atoms with Crippen LogP contribution in [0.25, 0.3) is 0 Å². The Hall–Kier alpha value is -2.35. The van der Waals surface area contributed by atoms with Gasteiger partial charge in [0, 0.05) is 25.1 Å². The summed E-state index contributed by atoms with van der Waals surface area (Å²) >= 11 is 0. The van der Waals surface area contributed by atoms with Crippen molar-refractivity contribution >= 4 is 5.96 Å². The van der Waals surface area contributed by atoms with Gasteiger partial charge in [0.25, 0.3) is 0 Å². The summed E-state index contributed by atoms with van der Waals surface area (Å²) in [5, 5.41) is 20.9. The molecule has 0 saturated heterocycles. The Labute approximate surface area is 147 Å². The van der Waals surface area contributed by atoms with Gasteiger partial charge in [-0.3, -0.25) is 0 Å². The molecule has 0 aromatic carbocycles. The molecule has 2 aromatic heterocycles. The van der Waals surface area contributed by atoms with E-state index in [9.17, 15) is 5.11 Å². The molecule has 2 rings (SSSR count). The standard InChI is InChI=1S/C17H27N5O3/c1-6-18-16(19-8-7-15-21-13(4)22-25-15)20-10-17(5,23)14-9-11(2)24-12(14)3/h9,23H,6-8,10H2,1-5H3,(H2,18,19,20). The topological polar surface area (TPSA) is 109 Å². The highest BCUT2D eigenvalue weighted by atomic mass is 16.5. The highest BCUT2D eigenvalue weighted by Gasteiger charge is 2.27. The van der Waals surface area contributed by atoms with Crippen molar-refractivity contribution in [1.82, 2.24) is 20.8 Å². The normalized spacial score (nSPS) is 14.4. The van der Waals surface area contributed by atoms with Crippen LogP contribution in [0.2, 0.25) is 0 Å². The summed E-state index contributed by atoms with van der Waals surface area (Å²) in [5.74, 6) is 3.31. The van der Waals surface area contributed by atoms with E-state index < -0.39 is 5.60 Å². The van der Waals surface area contributed by atoms with Crippen LogP contribution in [0.15, 0.2) is 20.0 Å². The number of aryl methyl sites for hydroxylation is 3. The molecule has 1 atom stereocenters. The summed E-state index contributed by atoms with van der Waals surface area (Å²) in [7, 11) is 0. The van der Waals surface area contributed by atoms with Crippen LogP contribution in [-0.4, -0.2) is 40.8 Å². The molecular weight excluding hydrogens is 322 g/mol. The third-order valence-electron chi connectivity index (χ3n) is 3.71. The molecule has 25 heavy (non-hydrogen) atoms. The molecule has 8 nitrogen and oxygen atoms in total. The van der Waals surface area contributed by atoms with Gasteiger partial charge in [-0.1, -0.05) is 5.16 Å². The third kappa shape index (κ3) is 5.32. The summed E-state index contributed by atoms with van der Waals surface area (Å²) < 4.78 is 10.6. The quantitative estimate of drug-likeness (QED) is 0.514. The molecule has 3 N–H and O–H groups in total. The van der Waals surface area contributed by atoms with E-state index in [1.165, 1.54) is 0 Å². The predicted molar refractivity (Wildman–Crippen MR) is 94.5 cm³/mol. The van der Waals surface area contributed by atoms with E-state index in [2.05, 4.69) is 25.8 Å². The summed E-state index contributed by atoms with van der Waals surface area (Å²) in [6.07, 6.45) is 0.599. The Bertz CT molecular complexity index is 718. The largest absolute Gasteiger partial charge is 0.466 e. The Morgan fingerprint density at radius 1 is 1.32 bits per heavy atom. The van der Waals surface area contributed by atoms with Crippen molar-refractivity contribution in [2.45, 2.75) is 46.6 Å². The van der Waals surface area contributed by atoms with Crippen LogP contribution < -0.4 is 10.6 Å². The van der Waals surface area contributed by atoms with E-state index >= 15 is 0 Å². The summed E-state index contributed by atoms with van der Waals surface area (Å²) in [6, 6.07) is 1.85. The van der Waals surface area contributed by atoms with Crippen molar-refractivity contribution in [2.75, 3.05) is 19.6 Å². The van der Waals surface area contributed by atoms with Crippen LogP contribution >= 0.6 is 0 Å². The second kappa shape index (κ2) is 8.15. The van der Waals surface area contributed by atoms with Gasteiger partial charge in [0.15, 0.2) is 11.8 Å². The number of furan rings is 1. The maximum Gasteiger partial charge on any atom is 0.228 e. The minimum Gasteiger partial charge on any atom is -0.466 e. The van der Waals surface area contributed by atoms with Crippen LogP contribution in [-0.2, 0) is 12.0 Å². The molecule has 0 aliphatic carbocycles. The second-order valence-corrected chi connectivity index (χ2v) is 6.21. The fraction of sp³-hybridized carbons (Fsp3) is 0.588. The first-order chi connectivity index (χ1) is 11.8. The predicted octanol–water partition coefficient (Wildman–Crippen LogP) is 1.59. The van der Waals surface area contributed by atoms with Crippen molar-refractivity contribution in [1.29, 1.82) is 0 Å². The molecule has 0 fully saturated rings. The molecule has 0 amide bonds. The average Bonchev–Trinajstić information content (AvgIpc) is 3.10. The first-order valence-corrected chi connectivity index (χ1v) is 8.43. The Morgan fingerprint density at radius 3 is 2.64 bits per heavy atom. The number of aromatic nitrogens is 2. The van der Waals surface area contributed by atoms with Gasteiger partial charge in [0.2, 0.25) is 5.89 Å². The number of aliphatic imine (C=N–C) groups is 1. The highest BCUT2D eigenvalue weighted by molar-refractivity contribution is 5.79. The molecule has 0 bridgehead atoms. The van der Waals surface area contributed by atoms with Crippen molar-refractivity contribution in [2.24, 2.45) is 4.99 Å². The number of rotatable bonds is 7. The minimum absolute atomic E-state index is 0.210. The molecular formula is C17H27N5O3. The van der Waals surface area contributed by atoms with Crippen molar-refractivity contribution in [3.8, 4) is 0 Å².